The van der Waals surface area contributed by atoms with Crippen molar-refractivity contribution in [2.45, 2.75) is 38.6 Å². The first-order chi connectivity index (χ1) is 5.16. The number of hydrogen-bond acceptors (Lipinski definition) is 3. The Morgan fingerprint density at radius 2 is 2.00 bits per heavy atom. The summed E-state index contributed by atoms with van der Waals surface area (Å²) in [5.74, 6) is 1.49. The molecule has 4 heteroatoms. The van der Waals surface area contributed by atoms with E-state index in [0.717, 1.165) is 0 Å². The molecule has 0 fully saturated rings. The van der Waals surface area contributed by atoms with Crippen molar-refractivity contribution in [1.29, 1.82) is 0 Å². The van der Waals surface area contributed by atoms with Gasteiger partial charge in [-0.2, -0.15) is 0 Å². The summed E-state index contributed by atoms with van der Waals surface area (Å²) in [5.41, 5.74) is -0.518. The summed E-state index contributed by atoms with van der Waals surface area (Å²) in [6, 6.07) is 0. The van der Waals surface area contributed by atoms with Gasteiger partial charge in [0.15, 0.2) is 0 Å². The van der Waals surface area contributed by atoms with Crippen LogP contribution in [-0.2, 0) is 9.09 Å². The van der Waals surface area contributed by atoms with E-state index in [9.17, 15) is 9.67 Å². The van der Waals surface area contributed by atoms with E-state index in [0.29, 0.717) is 0 Å². The third-order valence-electron chi connectivity index (χ3n) is 1.81. The van der Waals surface area contributed by atoms with Gasteiger partial charge in [-0.3, -0.25) is 4.57 Å². The normalized spacial score (nSPS) is 34.1. The highest BCUT2D eigenvalue weighted by Gasteiger charge is 2.45. The van der Waals surface area contributed by atoms with Crippen LogP contribution < -0.4 is 0 Å². The Labute approximate surface area is 72.9 Å². The van der Waals surface area contributed by atoms with Gasteiger partial charge < -0.3 is 9.63 Å². The molecule has 0 spiro atoms. The summed E-state index contributed by atoms with van der Waals surface area (Å²) < 4.78 is 17.2. The van der Waals surface area contributed by atoms with E-state index < -0.39 is 18.3 Å². The molecule has 0 saturated heterocycles. The summed E-state index contributed by atoms with van der Waals surface area (Å²) in [7, 11) is -3.00. The molecule has 0 aromatic rings. The Hall–Kier alpha value is -0.110. The first-order valence-electron chi connectivity index (χ1n) is 3.90. The van der Waals surface area contributed by atoms with Crippen molar-refractivity contribution in [3.05, 3.63) is 11.9 Å². The number of rotatable bonds is 1. The monoisotopic (exact) mass is 190 g/mol. The molecular formula is C8H15O3P. The van der Waals surface area contributed by atoms with Gasteiger partial charge in [0.1, 0.15) is 5.34 Å². The molecule has 0 saturated carbocycles. The third-order valence-corrected chi connectivity index (χ3v) is 4.61. The zero-order chi connectivity index (χ0) is 9.62. The highest BCUT2D eigenvalue weighted by Crippen LogP contribution is 2.64. The molecule has 1 N–H and O–H groups in total. The molecule has 0 aromatic heterocycles. The van der Waals surface area contributed by atoms with E-state index >= 15 is 0 Å². The van der Waals surface area contributed by atoms with Crippen molar-refractivity contribution in [2.24, 2.45) is 0 Å². The molecule has 12 heavy (non-hydrogen) atoms. The van der Waals surface area contributed by atoms with Crippen molar-refractivity contribution < 1.29 is 14.2 Å². The van der Waals surface area contributed by atoms with Crippen molar-refractivity contribution in [3.63, 3.8) is 0 Å². The smallest absolute Gasteiger partial charge is 0.255 e. The summed E-state index contributed by atoms with van der Waals surface area (Å²) in [5, 5.41) is 8.29. The molecule has 1 atom stereocenters. The summed E-state index contributed by atoms with van der Waals surface area (Å²) >= 11 is 0. The standard InChI is InChI=1S/C8H15O3P/c1-7(2)5-6-12(10,11-7)8(3,4)9/h5-6,9H,1-4H3. The predicted octanol–water partition coefficient (Wildman–Crippen LogP) is 2.32. The first kappa shape index (κ1) is 9.97. The molecule has 0 aromatic carbocycles. The molecule has 1 rings (SSSR count). The van der Waals surface area contributed by atoms with Crippen LogP contribution in [0, 0.1) is 0 Å². The highest BCUT2D eigenvalue weighted by molar-refractivity contribution is 7.63. The lowest BCUT2D eigenvalue weighted by molar-refractivity contribution is 0.110. The molecule has 1 aliphatic heterocycles. The molecule has 70 valence electrons. The minimum absolute atomic E-state index is 0.518. The van der Waals surface area contributed by atoms with Crippen LogP contribution in [0.25, 0.3) is 0 Å². The maximum absolute atomic E-state index is 11.9. The molecule has 0 radical (unpaired) electrons. The van der Waals surface area contributed by atoms with Crippen LogP contribution in [0.3, 0.4) is 0 Å². The van der Waals surface area contributed by atoms with Gasteiger partial charge in [-0.15, -0.1) is 0 Å². The van der Waals surface area contributed by atoms with Gasteiger partial charge in [-0.25, -0.2) is 0 Å². The van der Waals surface area contributed by atoms with Gasteiger partial charge in [0.2, 0.25) is 0 Å². The van der Waals surface area contributed by atoms with Crippen LogP contribution in [0.15, 0.2) is 11.9 Å². The fourth-order valence-electron chi connectivity index (χ4n) is 0.982. The van der Waals surface area contributed by atoms with Crippen LogP contribution in [-0.4, -0.2) is 16.0 Å². The van der Waals surface area contributed by atoms with E-state index in [1.165, 1.54) is 19.7 Å². The second-order valence-electron chi connectivity index (χ2n) is 4.10. The van der Waals surface area contributed by atoms with Gasteiger partial charge in [-0.05, 0) is 33.8 Å². The minimum Gasteiger partial charge on any atom is -0.380 e. The lowest BCUT2D eigenvalue weighted by Crippen LogP contribution is -2.23. The molecular weight excluding hydrogens is 175 g/mol. The Morgan fingerprint density at radius 3 is 2.17 bits per heavy atom. The van der Waals surface area contributed by atoms with Crippen LogP contribution in [0.2, 0.25) is 0 Å². The van der Waals surface area contributed by atoms with Crippen molar-refractivity contribution in [1.82, 2.24) is 0 Å². The van der Waals surface area contributed by atoms with E-state index in [1.54, 1.807) is 6.08 Å². The van der Waals surface area contributed by atoms with Gasteiger partial charge in [0, 0.05) is 5.82 Å². The second kappa shape index (κ2) is 2.44. The van der Waals surface area contributed by atoms with Gasteiger partial charge in [0.05, 0.1) is 5.60 Å². The molecule has 3 nitrogen and oxygen atoms in total. The fraction of sp³-hybridized carbons (Fsp3) is 0.750. The lowest BCUT2D eigenvalue weighted by atomic mass is 10.1. The minimum atomic E-state index is -3.00. The molecule has 1 unspecified atom stereocenters. The van der Waals surface area contributed by atoms with Gasteiger partial charge in [0.25, 0.3) is 7.37 Å². The zero-order valence-corrected chi connectivity index (χ0v) is 8.76. The third kappa shape index (κ3) is 1.63. The lowest BCUT2D eigenvalue weighted by Gasteiger charge is -2.27. The second-order valence-corrected chi connectivity index (χ2v) is 6.87. The van der Waals surface area contributed by atoms with Crippen molar-refractivity contribution in [2.75, 3.05) is 0 Å². The molecule has 1 heterocycles. The zero-order valence-electron chi connectivity index (χ0n) is 7.87. The molecule has 0 aliphatic carbocycles. The average molecular weight is 190 g/mol. The van der Waals surface area contributed by atoms with Crippen LogP contribution in [0.1, 0.15) is 27.7 Å². The van der Waals surface area contributed by atoms with Crippen molar-refractivity contribution in [3.8, 4) is 0 Å². The summed E-state index contributed by atoms with van der Waals surface area (Å²) in [6.45, 7) is 6.63. The first-order valence-corrected chi connectivity index (χ1v) is 5.59. The number of hydrogen-bond donors (Lipinski definition) is 1. The largest absolute Gasteiger partial charge is 0.380 e. The Morgan fingerprint density at radius 1 is 1.50 bits per heavy atom. The Balaban J connectivity index is 2.96. The van der Waals surface area contributed by atoms with E-state index in [4.69, 9.17) is 4.52 Å². The highest BCUT2D eigenvalue weighted by atomic mass is 31.2. The fourth-order valence-corrected chi connectivity index (χ4v) is 2.95. The maximum Gasteiger partial charge on any atom is 0.255 e. The number of aliphatic hydroxyl groups is 1. The van der Waals surface area contributed by atoms with Crippen LogP contribution >= 0.6 is 7.37 Å². The van der Waals surface area contributed by atoms with Crippen LogP contribution in [0.4, 0.5) is 0 Å². The SMILES string of the molecule is CC1(C)C=CP(=O)(C(C)(C)O)O1. The van der Waals surface area contributed by atoms with E-state index in [2.05, 4.69) is 0 Å². The van der Waals surface area contributed by atoms with E-state index in [1.807, 2.05) is 13.8 Å². The topological polar surface area (TPSA) is 46.5 Å². The van der Waals surface area contributed by atoms with Crippen LogP contribution in [0.5, 0.6) is 0 Å². The Bertz CT molecular complexity index is 260. The van der Waals surface area contributed by atoms with E-state index in [-0.39, 0.29) is 0 Å². The van der Waals surface area contributed by atoms with Gasteiger partial charge in [-0.1, -0.05) is 0 Å². The Kier molecular flexibility index (Phi) is 2.03. The van der Waals surface area contributed by atoms with Gasteiger partial charge >= 0.3 is 0 Å². The average Bonchev–Trinajstić information content (AvgIpc) is 2.05. The summed E-state index contributed by atoms with van der Waals surface area (Å²) in [6.07, 6.45) is 1.73. The molecule has 0 bridgehead atoms. The predicted molar refractivity (Wildman–Crippen MR) is 48.2 cm³/mol. The van der Waals surface area contributed by atoms with Crippen molar-refractivity contribution >= 4 is 7.37 Å². The molecule has 1 aliphatic rings. The maximum atomic E-state index is 11.9. The summed E-state index contributed by atoms with van der Waals surface area (Å²) in [4.78, 5) is 0. The quantitative estimate of drug-likeness (QED) is 0.645. The molecule has 0 amide bonds.